The van der Waals surface area contributed by atoms with Crippen LogP contribution in [0.4, 0.5) is 24.7 Å². The molecule has 2 unspecified atom stereocenters. The van der Waals surface area contributed by atoms with Gasteiger partial charge in [0.25, 0.3) is 0 Å². The number of aromatic nitrogens is 2. The molecule has 3 fully saturated rings. The number of halogens is 3. The van der Waals surface area contributed by atoms with Gasteiger partial charge in [-0.1, -0.05) is 0 Å². The SMILES string of the molecule is CNC(=O)c1ccc(OC)c(NCC#Cc2nn3c(NC45CCN(C6COC6)CC4C5)cccc3c2[Se]C(F)(F)F)c1. The van der Waals surface area contributed by atoms with Crippen LogP contribution in [0.15, 0.2) is 36.4 Å². The van der Waals surface area contributed by atoms with E-state index in [9.17, 15) is 18.0 Å². The fourth-order valence-corrected chi connectivity index (χ4v) is 7.14. The molecule has 0 radical (unpaired) electrons. The van der Waals surface area contributed by atoms with Gasteiger partial charge >= 0.3 is 248 Å². The number of piperidine rings is 1. The molecule has 0 spiro atoms. The van der Waals surface area contributed by atoms with Crippen LogP contribution in [-0.4, -0.2) is 99.0 Å². The zero-order chi connectivity index (χ0) is 29.5. The molecule has 0 bridgehead atoms. The van der Waals surface area contributed by atoms with Gasteiger partial charge in [-0.3, -0.25) is 0 Å². The Morgan fingerprint density at radius 3 is 2.81 bits per heavy atom. The Labute approximate surface area is 247 Å². The van der Waals surface area contributed by atoms with Crippen LogP contribution < -0.4 is 25.1 Å². The molecule has 2 saturated heterocycles. The van der Waals surface area contributed by atoms with Crippen molar-refractivity contribution < 1.29 is 27.4 Å². The molecule has 2 aromatic heterocycles. The topological polar surface area (TPSA) is 92.2 Å². The van der Waals surface area contributed by atoms with E-state index in [1.165, 1.54) is 14.2 Å². The summed E-state index contributed by atoms with van der Waals surface area (Å²) in [5.74, 6) is 7.20. The van der Waals surface area contributed by atoms with E-state index in [1.807, 2.05) is 6.07 Å². The van der Waals surface area contributed by atoms with Gasteiger partial charge in [-0.25, -0.2) is 0 Å². The number of hydrogen-bond donors (Lipinski definition) is 3. The van der Waals surface area contributed by atoms with Gasteiger partial charge in [0, 0.05) is 0 Å². The Morgan fingerprint density at radius 1 is 1.29 bits per heavy atom. The summed E-state index contributed by atoms with van der Waals surface area (Å²) in [5, 5.41) is 9.53. The monoisotopic (exact) mass is 648 g/mol. The van der Waals surface area contributed by atoms with E-state index in [2.05, 4.69) is 37.8 Å². The maximum atomic E-state index is 13.7. The van der Waals surface area contributed by atoms with E-state index in [1.54, 1.807) is 34.8 Å². The minimum atomic E-state index is -4.36. The Bertz CT molecular complexity index is 1560. The molecule has 4 heterocycles. The third-order valence-electron chi connectivity index (χ3n) is 8.14. The van der Waals surface area contributed by atoms with Gasteiger partial charge in [-0.15, -0.1) is 0 Å². The van der Waals surface area contributed by atoms with Crippen molar-refractivity contribution in [1.29, 1.82) is 0 Å². The first-order valence-corrected chi connectivity index (χ1v) is 15.4. The van der Waals surface area contributed by atoms with Crippen molar-refractivity contribution in [2.45, 2.75) is 29.5 Å². The molecule has 9 nitrogen and oxygen atoms in total. The molecule has 1 saturated carbocycles. The van der Waals surface area contributed by atoms with Crippen molar-refractivity contribution in [3.63, 3.8) is 0 Å². The number of anilines is 2. The summed E-state index contributed by atoms with van der Waals surface area (Å²) in [4.78, 5) is 14.5. The Balaban J connectivity index is 1.23. The summed E-state index contributed by atoms with van der Waals surface area (Å²) in [5.41, 5.74) is 1.44. The summed E-state index contributed by atoms with van der Waals surface area (Å²) >= 11 is -1.83. The average molecular weight is 648 g/mol. The van der Waals surface area contributed by atoms with Crippen molar-refractivity contribution in [1.82, 2.24) is 19.8 Å². The maximum absolute atomic E-state index is 13.7. The van der Waals surface area contributed by atoms with Crippen LogP contribution in [0.5, 0.6) is 5.75 Å². The predicted octanol–water partition coefficient (Wildman–Crippen LogP) is 2.29. The van der Waals surface area contributed by atoms with Crippen LogP contribution >= 0.6 is 0 Å². The summed E-state index contributed by atoms with van der Waals surface area (Å²) in [6.45, 7) is 3.66. The molecular weight excluding hydrogens is 616 g/mol. The first kappa shape index (κ1) is 28.7. The number of carbonyl (C=O) groups is 1. The molecule has 1 amide bonds. The molecule has 1 aromatic carbocycles. The molecule has 2 atom stereocenters. The minimum absolute atomic E-state index is 0.0608. The summed E-state index contributed by atoms with van der Waals surface area (Å²) in [7, 11) is 3.05. The summed E-state index contributed by atoms with van der Waals surface area (Å²) in [6.07, 6.45) is 1.99. The number of nitrogens with zero attached hydrogens (tertiary/aromatic N) is 3. The number of pyridine rings is 1. The van der Waals surface area contributed by atoms with Crippen molar-refractivity contribution >= 4 is 42.3 Å². The fourth-order valence-electron chi connectivity index (χ4n) is 5.72. The summed E-state index contributed by atoms with van der Waals surface area (Å²) in [6, 6.07) is 10.7. The number of alkyl halides is 3. The molecule has 2 aliphatic heterocycles. The second-order valence-electron chi connectivity index (χ2n) is 10.7. The normalized spacial score (nSPS) is 22.0. The van der Waals surface area contributed by atoms with E-state index in [0.717, 1.165) is 39.1 Å². The predicted molar refractivity (Wildman–Crippen MR) is 154 cm³/mol. The average Bonchev–Trinajstić information content (AvgIpc) is 3.54. The molecule has 222 valence electrons. The van der Waals surface area contributed by atoms with Crippen LogP contribution in [-0.2, 0) is 4.74 Å². The van der Waals surface area contributed by atoms with Crippen LogP contribution in [0.2, 0.25) is 0 Å². The first-order valence-electron chi connectivity index (χ1n) is 13.7. The molecule has 6 rings (SSSR count). The number of nitrogens with one attached hydrogen (secondary N) is 3. The quantitative estimate of drug-likeness (QED) is 0.256. The number of hydrogen-bond acceptors (Lipinski definition) is 7. The number of ether oxygens (including phenoxy) is 2. The third kappa shape index (κ3) is 5.77. The molecular formula is C29H31F3N6O3Se. The Kier molecular flexibility index (Phi) is 7.74. The van der Waals surface area contributed by atoms with Gasteiger partial charge in [-0.2, -0.15) is 0 Å². The number of carbonyl (C=O) groups excluding carboxylic acids is 1. The van der Waals surface area contributed by atoms with E-state index in [4.69, 9.17) is 9.47 Å². The molecule has 3 N–H and O–H groups in total. The van der Waals surface area contributed by atoms with Crippen molar-refractivity contribution in [2.75, 3.05) is 57.6 Å². The zero-order valence-corrected chi connectivity index (χ0v) is 24.9. The van der Waals surface area contributed by atoms with Crippen molar-refractivity contribution in [2.24, 2.45) is 5.92 Å². The van der Waals surface area contributed by atoms with Crippen LogP contribution in [0, 0.1) is 17.8 Å². The van der Waals surface area contributed by atoms with Crippen LogP contribution in [0.25, 0.3) is 5.52 Å². The second kappa shape index (κ2) is 11.3. The van der Waals surface area contributed by atoms with Gasteiger partial charge in [0.1, 0.15) is 0 Å². The summed E-state index contributed by atoms with van der Waals surface area (Å²) < 4.78 is 53.4. The van der Waals surface area contributed by atoms with Crippen LogP contribution in [0.3, 0.4) is 0 Å². The number of rotatable bonds is 8. The Hall–Kier alpha value is -3.43. The molecule has 1 aliphatic carbocycles. The standard InChI is InChI=1S/C29H31F3N6O3Se/c1-33-27(39)18-8-9-24(40-2)22(13-18)34-11-4-5-21-26(42-29(30,31)32)23-6-3-7-25(38(23)36-21)35-28-10-12-37(15-19(28)14-28)20-16-41-17-20/h3,6-9,13,19-20,34-35H,10-12,14-17H2,1-2H3,(H,33,39). The Morgan fingerprint density at radius 2 is 2.12 bits per heavy atom. The van der Waals surface area contributed by atoms with Crippen molar-refractivity contribution in [3.05, 3.63) is 47.7 Å². The number of amides is 1. The molecule has 3 aliphatic rings. The van der Waals surface area contributed by atoms with E-state index in [0.29, 0.717) is 40.3 Å². The van der Waals surface area contributed by atoms with Gasteiger partial charge in [-0.05, 0) is 0 Å². The second-order valence-corrected chi connectivity index (χ2v) is 13.0. The zero-order valence-electron chi connectivity index (χ0n) is 23.2. The first-order chi connectivity index (χ1) is 20.2. The number of benzene rings is 1. The fraction of sp³-hybridized carbons (Fsp3) is 0.448. The van der Waals surface area contributed by atoms with Gasteiger partial charge in [0.2, 0.25) is 0 Å². The number of fused-ring (bicyclic) bond motifs is 2. The molecule has 42 heavy (non-hydrogen) atoms. The van der Waals surface area contributed by atoms with Crippen molar-refractivity contribution in [3.8, 4) is 17.6 Å². The van der Waals surface area contributed by atoms with Gasteiger partial charge in [0.05, 0.1) is 0 Å². The van der Waals surface area contributed by atoms with E-state index >= 15 is 0 Å². The molecule has 13 heteroatoms. The van der Waals surface area contributed by atoms with Gasteiger partial charge in [0.15, 0.2) is 0 Å². The van der Waals surface area contributed by atoms with E-state index < -0.39 is 20.0 Å². The van der Waals surface area contributed by atoms with Crippen LogP contribution in [0.1, 0.15) is 28.9 Å². The van der Waals surface area contributed by atoms with Gasteiger partial charge < -0.3 is 0 Å². The molecule has 3 aromatic rings. The number of likely N-dealkylation sites (tertiary alicyclic amines) is 1. The number of methoxy groups -OCH3 is 1. The van der Waals surface area contributed by atoms with E-state index in [-0.39, 0.29) is 28.1 Å². The third-order valence-corrected chi connectivity index (χ3v) is 9.90.